The van der Waals surface area contributed by atoms with Crippen molar-refractivity contribution in [2.24, 2.45) is 5.41 Å². The lowest BCUT2D eigenvalue weighted by Crippen LogP contribution is -2.39. The second kappa shape index (κ2) is 5.87. The van der Waals surface area contributed by atoms with Gasteiger partial charge in [-0.2, -0.15) is 0 Å². The molecule has 1 aliphatic rings. The van der Waals surface area contributed by atoms with Gasteiger partial charge in [-0.15, -0.1) is 0 Å². The van der Waals surface area contributed by atoms with E-state index in [-0.39, 0.29) is 0 Å². The average Bonchev–Trinajstić information content (AvgIpc) is 2.37. The summed E-state index contributed by atoms with van der Waals surface area (Å²) in [4.78, 5) is 9.10. The highest BCUT2D eigenvalue weighted by molar-refractivity contribution is 5.36. The fraction of sp³-hybridized carbons (Fsp3) is 0.733. The Labute approximate surface area is 116 Å². The molecule has 0 spiro atoms. The molecule has 2 rings (SSSR count). The van der Waals surface area contributed by atoms with Crippen molar-refractivity contribution in [1.82, 2.24) is 15.3 Å². The monoisotopic (exact) mass is 262 g/mol. The molecule has 1 aromatic heterocycles. The molecule has 0 unspecified atom stereocenters. The van der Waals surface area contributed by atoms with Crippen molar-refractivity contribution in [3.8, 4) is 0 Å². The molecule has 4 heteroatoms. The van der Waals surface area contributed by atoms with Crippen LogP contribution in [0.2, 0.25) is 0 Å². The van der Waals surface area contributed by atoms with Gasteiger partial charge >= 0.3 is 0 Å². The summed E-state index contributed by atoms with van der Waals surface area (Å²) in [5.41, 5.74) is 1.42. The van der Waals surface area contributed by atoms with E-state index in [1.54, 1.807) is 0 Å². The minimum absolute atomic E-state index is 0.370. The van der Waals surface area contributed by atoms with Crippen LogP contribution in [0.5, 0.6) is 0 Å². The first-order valence-corrected chi connectivity index (χ1v) is 7.29. The number of nitrogens with zero attached hydrogens (tertiary/aromatic N) is 2. The fourth-order valence-electron chi connectivity index (χ4n) is 2.45. The topological polar surface area (TPSA) is 49.8 Å². The van der Waals surface area contributed by atoms with E-state index < -0.39 is 0 Å². The number of aromatic nitrogens is 2. The number of hydrogen-bond donors (Lipinski definition) is 2. The van der Waals surface area contributed by atoms with E-state index in [9.17, 15) is 0 Å². The van der Waals surface area contributed by atoms with E-state index in [1.165, 1.54) is 12.8 Å². The van der Waals surface area contributed by atoms with Crippen molar-refractivity contribution < 1.29 is 0 Å². The minimum atomic E-state index is 0.370. The molecule has 2 N–H and O–H groups in total. The van der Waals surface area contributed by atoms with E-state index >= 15 is 0 Å². The number of rotatable bonds is 4. The molecule has 0 bridgehead atoms. The van der Waals surface area contributed by atoms with Gasteiger partial charge in [0.1, 0.15) is 11.6 Å². The normalized spacial score (nSPS) is 18.6. The third-order valence-corrected chi connectivity index (χ3v) is 3.89. The van der Waals surface area contributed by atoms with Crippen LogP contribution in [-0.4, -0.2) is 29.6 Å². The van der Waals surface area contributed by atoms with Crippen molar-refractivity contribution >= 4 is 5.82 Å². The molecule has 106 valence electrons. The molecule has 1 saturated heterocycles. The summed E-state index contributed by atoms with van der Waals surface area (Å²) in [5, 5.41) is 6.93. The lowest BCUT2D eigenvalue weighted by atomic mass is 9.81. The van der Waals surface area contributed by atoms with Gasteiger partial charge in [0.15, 0.2) is 0 Å². The maximum atomic E-state index is 4.61. The number of piperidine rings is 1. The molecule has 0 amide bonds. The summed E-state index contributed by atoms with van der Waals surface area (Å²) >= 11 is 0. The van der Waals surface area contributed by atoms with Crippen molar-refractivity contribution in [3.05, 3.63) is 17.6 Å². The summed E-state index contributed by atoms with van der Waals surface area (Å²) < 4.78 is 0. The zero-order valence-electron chi connectivity index (χ0n) is 12.6. The molecule has 4 nitrogen and oxygen atoms in total. The first-order valence-electron chi connectivity index (χ1n) is 7.29. The van der Waals surface area contributed by atoms with Gasteiger partial charge in [0.05, 0.1) is 0 Å². The van der Waals surface area contributed by atoms with Crippen LogP contribution in [0.4, 0.5) is 5.82 Å². The summed E-state index contributed by atoms with van der Waals surface area (Å²) in [6, 6.07) is 2.04. The van der Waals surface area contributed by atoms with Gasteiger partial charge in [0.2, 0.25) is 0 Å². The Morgan fingerprint density at radius 3 is 2.63 bits per heavy atom. The van der Waals surface area contributed by atoms with Crippen LogP contribution in [0.25, 0.3) is 0 Å². The molecule has 1 aromatic rings. The molecular formula is C15H26N4. The number of nitrogens with one attached hydrogen (secondary N) is 2. The average molecular weight is 262 g/mol. The van der Waals surface area contributed by atoms with Crippen molar-refractivity contribution in [3.63, 3.8) is 0 Å². The van der Waals surface area contributed by atoms with Crippen LogP contribution < -0.4 is 10.6 Å². The highest BCUT2D eigenvalue weighted by atomic mass is 15.0. The van der Waals surface area contributed by atoms with Gasteiger partial charge in [-0.3, -0.25) is 0 Å². The van der Waals surface area contributed by atoms with Gasteiger partial charge in [-0.25, -0.2) is 9.97 Å². The van der Waals surface area contributed by atoms with Crippen LogP contribution >= 0.6 is 0 Å². The van der Waals surface area contributed by atoms with Crippen LogP contribution in [-0.2, 0) is 0 Å². The van der Waals surface area contributed by atoms with Gasteiger partial charge < -0.3 is 10.6 Å². The summed E-state index contributed by atoms with van der Waals surface area (Å²) in [6.45, 7) is 11.9. The molecule has 2 heterocycles. The predicted octanol–water partition coefficient (Wildman–Crippen LogP) is 2.71. The van der Waals surface area contributed by atoms with Crippen molar-refractivity contribution in [2.45, 2.75) is 46.5 Å². The zero-order chi connectivity index (χ0) is 13.9. The first kappa shape index (κ1) is 14.3. The van der Waals surface area contributed by atoms with E-state index in [0.717, 1.165) is 37.0 Å². The van der Waals surface area contributed by atoms with Gasteiger partial charge in [0.25, 0.3) is 0 Å². The quantitative estimate of drug-likeness (QED) is 0.876. The Bertz CT molecular complexity index is 422. The molecule has 0 aromatic carbocycles. The number of anilines is 1. The molecule has 1 fully saturated rings. The summed E-state index contributed by atoms with van der Waals surface area (Å²) in [5.74, 6) is 2.27. The molecule has 0 aliphatic carbocycles. The zero-order valence-corrected chi connectivity index (χ0v) is 12.6. The largest absolute Gasteiger partial charge is 0.369 e. The Hall–Kier alpha value is -1.16. The Balaban J connectivity index is 2.02. The lowest BCUT2D eigenvalue weighted by molar-refractivity contribution is 0.247. The van der Waals surface area contributed by atoms with Gasteiger partial charge in [-0.1, -0.05) is 20.8 Å². The predicted molar refractivity (Wildman–Crippen MR) is 79.6 cm³/mol. The third kappa shape index (κ3) is 3.90. The van der Waals surface area contributed by atoms with Crippen LogP contribution in [0.15, 0.2) is 6.07 Å². The Morgan fingerprint density at radius 1 is 1.32 bits per heavy atom. The Kier molecular flexibility index (Phi) is 4.40. The van der Waals surface area contributed by atoms with E-state index in [0.29, 0.717) is 11.3 Å². The van der Waals surface area contributed by atoms with E-state index in [1.807, 2.05) is 13.0 Å². The molecule has 0 saturated carbocycles. The number of aryl methyl sites for hydroxylation is 1. The lowest BCUT2D eigenvalue weighted by Gasteiger charge is -2.34. The fourth-order valence-corrected chi connectivity index (χ4v) is 2.45. The Morgan fingerprint density at radius 2 is 2.00 bits per heavy atom. The SMILES string of the molecule is Cc1cc(NCC2(C)CCNCC2)nc(C(C)C)n1. The van der Waals surface area contributed by atoms with Gasteiger partial charge in [0, 0.05) is 24.2 Å². The molecule has 1 aliphatic heterocycles. The molecule has 19 heavy (non-hydrogen) atoms. The second-order valence-corrected chi connectivity index (χ2v) is 6.32. The van der Waals surface area contributed by atoms with Crippen molar-refractivity contribution in [2.75, 3.05) is 25.0 Å². The van der Waals surface area contributed by atoms with E-state index in [4.69, 9.17) is 0 Å². The first-order chi connectivity index (χ1) is 8.98. The van der Waals surface area contributed by atoms with Gasteiger partial charge in [-0.05, 0) is 38.3 Å². The maximum absolute atomic E-state index is 4.61. The highest BCUT2D eigenvalue weighted by Gasteiger charge is 2.26. The molecule has 0 atom stereocenters. The third-order valence-electron chi connectivity index (χ3n) is 3.89. The van der Waals surface area contributed by atoms with Crippen LogP contribution in [0.3, 0.4) is 0 Å². The second-order valence-electron chi connectivity index (χ2n) is 6.32. The molecule has 0 radical (unpaired) electrons. The van der Waals surface area contributed by atoms with Crippen molar-refractivity contribution in [1.29, 1.82) is 0 Å². The highest BCUT2D eigenvalue weighted by Crippen LogP contribution is 2.28. The maximum Gasteiger partial charge on any atom is 0.133 e. The summed E-state index contributed by atoms with van der Waals surface area (Å²) in [7, 11) is 0. The van der Waals surface area contributed by atoms with Crippen LogP contribution in [0.1, 0.15) is 51.0 Å². The smallest absolute Gasteiger partial charge is 0.133 e. The van der Waals surface area contributed by atoms with Crippen LogP contribution in [0, 0.1) is 12.3 Å². The standard InChI is InChI=1S/C15H26N4/c1-11(2)14-18-12(3)9-13(19-14)17-10-15(4)5-7-16-8-6-15/h9,11,16H,5-8,10H2,1-4H3,(H,17,18,19). The number of hydrogen-bond acceptors (Lipinski definition) is 4. The summed E-state index contributed by atoms with van der Waals surface area (Å²) in [6.07, 6.45) is 2.45. The molecular weight excluding hydrogens is 236 g/mol. The minimum Gasteiger partial charge on any atom is -0.369 e. The van der Waals surface area contributed by atoms with E-state index in [2.05, 4.69) is 41.4 Å².